The van der Waals surface area contributed by atoms with Gasteiger partial charge in [0.15, 0.2) is 0 Å². The third kappa shape index (κ3) is 3.24. The van der Waals surface area contributed by atoms with Gasteiger partial charge in [-0.2, -0.15) is 0 Å². The van der Waals surface area contributed by atoms with Crippen LogP contribution in [-0.2, 0) is 9.59 Å². The third-order valence-corrected chi connectivity index (χ3v) is 4.99. The van der Waals surface area contributed by atoms with Crippen molar-refractivity contribution in [1.29, 1.82) is 0 Å². The van der Waals surface area contributed by atoms with E-state index in [0.717, 1.165) is 22.6 Å². The van der Waals surface area contributed by atoms with Crippen molar-refractivity contribution in [2.24, 2.45) is 0 Å². The minimum absolute atomic E-state index is 0.0118. The zero-order valence-electron chi connectivity index (χ0n) is 16.3. The summed E-state index contributed by atoms with van der Waals surface area (Å²) in [6.45, 7) is 3.76. The van der Waals surface area contributed by atoms with Gasteiger partial charge in [0, 0.05) is 29.2 Å². The molecule has 4 rings (SSSR count). The van der Waals surface area contributed by atoms with Crippen LogP contribution in [0.5, 0.6) is 0 Å². The molecule has 1 N–H and O–H groups in total. The van der Waals surface area contributed by atoms with Gasteiger partial charge in [-0.25, -0.2) is 5.01 Å². The number of para-hydroxylation sites is 1. The van der Waals surface area contributed by atoms with Gasteiger partial charge in [0.2, 0.25) is 0 Å². The molecule has 1 fully saturated rings. The lowest BCUT2D eigenvalue weighted by Crippen LogP contribution is -2.35. The number of hydrogen-bond donors (Lipinski definition) is 1. The van der Waals surface area contributed by atoms with Crippen LogP contribution < -0.4 is 10.4 Å². The van der Waals surface area contributed by atoms with Crippen molar-refractivity contribution in [3.8, 4) is 5.69 Å². The molecule has 2 heterocycles. The molecule has 0 spiro atoms. The number of carbonyl (C=O) groups is 2. The Bertz CT molecular complexity index is 1190. The molecule has 1 saturated heterocycles. The molecule has 8 nitrogen and oxygen atoms in total. The molecule has 0 bridgehead atoms. The molecule has 0 radical (unpaired) electrons. The Morgan fingerprint density at radius 1 is 0.967 bits per heavy atom. The van der Waals surface area contributed by atoms with E-state index in [1.165, 1.54) is 17.1 Å². The van der Waals surface area contributed by atoms with Crippen molar-refractivity contribution in [3.05, 3.63) is 93.3 Å². The molecule has 150 valence electrons. The number of rotatable bonds is 4. The molecule has 0 aliphatic carbocycles. The van der Waals surface area contributed by atoms with Crippen LogP contribution in [0.3, 0.4) is 0 Å². The zero-order chi connectivity index (χ0) is 21.4. The van der Waals surface area contributed by atoms with E-state index >= 15 is 0 Å². The number of anilines is 1. The van der Waals surface area contributed by atoms with Crippen molar-refractivity contribution in [2.75, 3.05) is 5.01 Å². The molecule has 8 heteroatoms. The smallest absolute Gasteiger partial charge is 0.282 e. The predicted molar refractivity (Wildman–Crippen MR) is 112 cm³/mol. The lowest BCUT2D eigenvalue weighted by molar-refractivity contribution is -0.384. The molecule has 2 amide bonds. The van der Waals surface area contributed by atoms with E-state index in [4.69, 9.17) is 0 Å². The average molecular weight is 402 g/mol. The number of nitrogens with zero attached hydrogens (tertiary/aromatic N) is 3. The van der Waals surface area contributed by atoms with Crippen LogP contribution in [0.4, 0.5) is 11.4 Å². The van der Waals surface area contributed by atoms with Crippen LogP contribution in [0.1, 0.15) is 17.0 Å². The van der Waals surface area contributed by atoms with Crippen molar-refractivity contribution >= 4 is 29.3 Å². The van der Waals surface area contributed by atoms with Gasteiger partial charge in [0.05, 0.1) is 10.6 Å². The van der Waals surface area contributed by atoms with Crippen molar-refractivity contribution < 1.29 is 14.5 Å². The normalized spacial score (nSPS) is 15.0. The Morgan fingerprint density at radius 2 is 1.63 bits per heavy atom. The summed E-state index contributed by atoms with van der Waals surface area (Å²) in [7, 11) is 0. The fourth-order valence-corrected chi connectivity index (χ4v) is 3.53. The first-order valence-corrected chi connectivity index (χ1v) is 9.23. The van der Waals surface area contributed by atoms with E-state index < -0.39 is 16.7 Å². The monoisotopic (exact) mass is 402 g/mol. The van der Waals surface area contributed by atoms with Crippen LogP contribution in [0.15, 0.2) is 66.2 Å². The number of benzene rings is 2. The average Bonchev–Trinajstić information content (AvgIpc) is 3.18. The van der Waals surface area contributed by atoms with Crippen molar-refractivity contribution in [1.82, 2.24) is 9.99 Å². The predicted octanol–water partition coefficient (Wildman–Crippen LogP) is 3.46. The number of nitro benzene ring substituents is 1. The second kappa shape index (κ2) is 7.32. The van der Waals surface area contributed by atoms with E-state index in [-0.39, 0.29) is 11.3 Å². The molecule has 0 saturated carbocycles. The summed E-state index contributed by atoms with van der Waals surface area (Å²) in [6, 6.07) is 17.0. The quantitative estimate of drug-likeness (QED) is 0.313. The highest BCUT2D eigenvalue weighted by Crippen LogP contribution is 2.26. The fraction of sp³-hybridized carbons (Fsp3) is 0.0909. The fourth-order valence-electron chi connectivity index (χ4n) is 3.53. The molecule has 30 heavy (non-hydrogen) atoms. The topological polar surface area (TPSA) is 97.5 Å². The summed E-state index contributed by atoms with van der Waals surface area (Å²) in [6.07, 6.45) is 1.57. The van der Waals surface area contributed by atoms with Crippen LogP contribution >= 0.6 is 0 Å². The van der Waals surface area contributed by atoms with Gasteiger partial charge >= 0.3 is 0 Å². The number of amides is 2. The highest BCUT2D eigenvalue weighted by Gasteiger charge is 2.34. The minimum Gasteiger partial charge on any atom is -0.318 e. The molecule has 0 atom stereocenters. The highest BCUT2D eigenvalue weighted by atomic mass is 16.6. The molecular formula is C22H18N4O4. The minimum atomic E-state index is -0.469. The number of aryl methyl sites for hydroxylation is 1. The van der Waals surface area contributed by atoms with E-state index in [0.29, 0.717) is 5.69 Å². The number of nitro groups is 1. The Hall–Kier alpha value is -4.20. The maximum absolute atomic E-state index is 12.8. The summed E-state index contributed by atoms with van der Waals surface area (Å²) in [5.41, 5.74) is 6.39. The van der Waals surface area contributed by atoms with Gasteiger partial charge in [-0.05, 0) is 55.8 Å². The van der Waals surface area contributed by atoms with Crippen molar-refractivity contribution in [3.63, 3.8) is 0 Å². The number of nitrogens with one attached hydrogen (secondary N) is 1. The number of aromatic nitrogens is 1. The number of non-ortho nitro benzene ring substituents is 1. The highest BCUT2D eigenvalue weighted by molar-refractivity contribution is 6.31. The third-order valence-electron chi connectivity index (χ3n) is 4.99. The second-order valence-electron chi connectivity index (χ2n) is 6.91. The lowest BCUT2D eigenvalue weighted by atomic mass is 10.1. The summed E-state index contributed by atoms with van der Waals surface area (Å²) in [5.74, 6) is -0.893. The van der Waals surface area contributed by atoms with Gasteiger partial charge in [0.25, 0.3) is 17.5 Å². The van der Waals surface area contributed by atoms with Gasteiger partial charge in [-0.1, -0.05) is 18.2 Å². The molecule has 1 aliphatic heterocycles. The van der Waals surface area contributed by atoms with Crippen LogP contribution in [-0.4, -0.2) is 21.3 Å². The Morgan fingerprint density at radius 3 is 2.27 bits per heavy atom. The summed E-state index contributed by atoms with van der Waals surface area (Å²) in [4.78, 5) is 35.7. The van der Waals surface area contributed by atoms with Gasteiger partial charge < -0.3 is 4.57 Å². The standard InChI is InChI=1S/C22H18N4O4/c1-14-12-16(15(2)24(14)17-8-10-19(11-9-17)26(29)30)13-20-21(27)23-25(22(20)28)18-6-4-3-5-7-18/h3-13H,1-2H3,(H,23,27)/b20-13+. The van der Waals surface area contributed by atoms with Gasteiger partial charge in [-0.15, -0.1) is 0 Å². The molecule has 0 unspecified atom stereocenters. The maximum Gasteiger partial charge on any atom is 0.282 e. The van der Waals surface area contributed by atoms with Gasteiger partial charge in [0.1, 0.15) is 5.57 Å². The Labute approximate surface area is 172 Å². The lowest BCUT2D eigenvalue weighted by Gasteiger charge is -2.13. The SMILES string of the molecule is Cc1cc(/C=C2\C(=O)NN(c3ccccc3)C2=O)c(C)n1-c1ccc([N+](=O)[O-])cc1. The van der Waals surface area contributed by atoms with Crippen LogP contribution in [0, 0.1) is 24.0 Å². The Balaban J connectivity index is 1.69. The van der Waals surface area contributed by atoms with Crippen molar-refractivity contribution in [2.45, 2.75) is 13.8 Å². The van der Waals surface area contributed by atoms with Gasteiger partial charge in [-0.3, -0.25) is 25.1 Å². The first-order chi connectivity index (χ1) is 14.4. The van der Waals surface area contributed by atoms with E-state index in [1.807, 2.05) is 30.5 Å². The second-order valence-corrected chi connectivity index (χ2v) is 6.91. The molecule has 1 aromatic heterocycles. The summed E-state index contributed by atoms with van der Waals surface area (Å²) in [5, 5.41) is 12.1. The maximum atomic E-state index is 12.8. The van der Waals surface area contributed by atoms with E-state index in [1.54, 1.807) is 42.5 Å². The summed E-state index contributed by atoms with van der Waals surface area (Å²) >= 11 is 0. The van der Waals surface area contributed by atoms with Crippen LogP contribution in [0.2, 0.25) is 0 Å². The molecular weight excluding hydrogens is 384 g/mol. The zero-order valence-corrected chi connectivity index (χ0v) is 16.3. The molecule has 3 aromatic rings. The van der Waals surface area contributed by atoms with E-state index in [2.05, 4.69) is 5.43 Å². The first kappa shape index (κ1) is 19.1. The largest absolute Gasteiger partial charge is 0.318 e. The molecule has 1 aliphatic rings. The number of hydrogen-bond acceptors (Lipinski definition) is 4. The first-order valence-electron chi connectivity index (χ1n) is 9.23. The van der Waals surface area contributed by atoms with E-state index in [9.17, 15) is 19.7 Å². The Kier molecular flexibility index (Phi) is 4.67. The number of carbonyl (C=O) groups excluding carboxylic acids is 2. The van der Waals surface area contributed by atoms with Crippen LogP contribution in [0.25, 0.3) is 11.8 Å². The summed E-state index contributed by atoms with van der Waals surface area (Å²) < 4.78 is 1.92. The number of hydrazine groups is 1. The molecule has 2 aromatic carbocycles.